The van der Waals surface area contributed by atoms with Gasteiger partial charge in [0.2, 0.25) is 5.91 Å². The molecule has 116 valence electrons. The molecule has 0 aliphatic carbocycles. The highest BCUT2D eigenvalue weighted by molar-refractivity contribution is 5.79. The van der Waals surface area contributed by atoms with Crippen molar-refractivity contribution < 1.29 is 30.0 Å². The van der Waals surface area contributed by atoms with Crippen molar-refractivity contribution in [2.24, 2.45) is 5.92 Å². The molecule has 0 bridgehead atoms. The maximum Gasteiger partial charge on any atom is 0.306 e. The summed E-state index contributed by atoms with van der Waals surface area (Å²) in [6, 6.07) is 0. The van der Waals surface area contributed by atoms with Gasteiger partial charge in [0.15, 0.2) is 0 Å². The van der Waals surface area contributed by atoms with Crippen LogP contribution < -0.4 is 5.32 Å². The number of likely N-dealkylation sites (tertiary alicyclic amines) is 1. The van der Waals surface area contributed by atoms with E-state index >= 15 is 0 Å². The van der Waals surface area contributed by atoms with Crippen LogP contribution in [0.25, 0.3) is 0 Å². The van der Waals surface area contributed by atoms with Gasteiger partial charge in [0.25, 0.3) is 0 Å². The molecule has 1 aliphatic heterocycles. The second kappa shape index (κ2) is 7.53. The van der Waals surface area contributed by atoms with Gasteiger partial charge in [-0.05, 0) is 12.8 Å². The van der Waals surface area contributed by atoms with E-state index in [0.717, 1.165) is 0 Å². The van der Waals surface area contributed by atoms with Crippen molar-refractivity contribution in [1.29, 1.82) is 0 Å². The summed E-state index contributed by atoms with van der Waals surface area (Å²) in [7, 11) is 0. The Labute approximate surface area is 117 Å². The van der Waals surface area contributed by atoms with Crippen LogP contribution in [0, 0.1) is 5.92 Å². The quantitative estimate of drug-likeness (QED) is 0.354. The smallest absolute Gasteiger partial charge is 0.306 e. The van der Waals surface area contributed by atoms with Gasteiger partial charge < -0.3 is 25.3 Å². The van der Waals surface area contributed by atoms with Gasteiger partial charge >= 0.3 is 5.97 Å². The van der Waals surface area contributed by atoms with E-state index in [-0.39, 0.29) is 12.5 Å². The monoisotopic (exact) mass is 290 g/mol. The van der Waals surface area contributed by atoms with Crippen LogP contribution >= 0.6 is 0 Å². The van der Waals surface area contributed by atoms with Crippen molar-refractivity contribution >= 4 is 11.9 Å². The minimum Gasteiger partial charge on any atom is -0.481 e. The van der Waals surface area contributed by atoms with Gasteiger partial charge in [-0.15, -0.1) is 0 Å². The van der Waals surface area contributed by atoms with Gasteiger partial charge in [0.05, 0.1) is 37.8 Å². The van der Waals surface area contributed by atoms with Gasteiger partial charge in [-0.1, -0.05) is 0 Å². The maximum absolute atomic E-state index is 11.9. The molecule has 1 fully saturated rings. The Morgan fingerprint density at radius 1 is 1.10 bits per heavy atom. The molecule has 0 aromatic carbocycles. The molecule has 0 spiro atoms. The molecule has 1 rings (SSSR count). The zero-order chi connectivity index (χ0) is 15.2. The van der Waals surface area contributed by atoms with E-state index in [0.29, 0.717) is 25.9 Å². The lowest BCUT2D eigenvalue weighted by molar-refractivity contribution is -0.145. The number of nitrogens with one attached hydrogen (secondary N) is 1. The summed E-state index contributed by atoms with van der Waals surface area (Å²) in [6.45, 7) is -0.847. The minimum absolute atomic E-state index is 0.126. The number of carboxylic acids is 1. The van der Waals surface area contributed by atoms with Crippen LogP contribution in [0.1, 0.15) is 12.8 Å². The van der Waals surface area contributed by atoms with E-state index in [1.54, 1.807) is 4.90 Å². The Balaban J connectivity index is 2.42. The van der Waals surface area contributed by atoms with Crippen molar-refractivity contribution in [2.45, 2.75) is 18.4 Å². The van der Waals surface area contributed by atoms with Crippen molar-refractivity contribution in [2.75, 3.05) is 39.5 Å². The third-order valence-corrected chi connectivity index (χ3v) is 3.72. The number of rotatable bonds is 7. The molecule has 1 aliphatic rings. The molecule has 1 heterocycles. The Bertz CT molecular complexity index is 329. The van der Waals surface area contributed by atoms with Crippen LogP contribution in [0.4, 0.5) is 0 Å². The van der Waals surface area contributed by atoms with E-state index in [1.165, 1.54) is 0 Å². The third-order valence-electron chi connectivity index (χ3n) is 3.72. The molecule has 1 saturated heterocycles. The average Bonchev–Trinajstić information content (AvgIpc) is 2.49. The maximum atomic E-state index is 11.9. The van der Waals surface area contributed by atoms with Crippen LogP contribution in [0.2, 0.25) is 0 Å². The van der Waals surface area contributed by atoms with Crippen molar-refractivity contribution in [3.05, 3.63) is 0 Å². The predicted molar refractivity (Wildman–Crippen MR) is 68.9 cm³/mol. The predicted octanol–water partition coefficient (Wildman–Crippen LogP) is -2.39. The second-order valence-corrected chi connectivity index (χ2v) is 5.10. The molecular weight excluding hydrogens is 268 g/mol. The Morgan fingerprint density at radius 2 is 1.60 bits per heavy atom. The topological polar surface area (TPSA) is 130 Å². The number of hydrogen-bond donors (Lipinski definition) is 5. The van der Waals surface area contributed by atoms with Crippen LogP contribution in [0.3, 0.4) is 0 Å². The zero-order valence-electron chi connectivity index (χ0n) is 11.3. The third kappa shape index (κ3) is 4.14. The number of aliphatic carboxylic acids is 1. The van der Waals surface area contributed by atoms with Crippen LogP contribution in [-0.2, 0) is 9.59 Å². The fourth-order valence-corrected chi connectivity index (χ4v) is 2.07. The molecule has 8 heteroatoms. The lowest BCUT2D eigenvalue weighted by atomic mass is 9.97. The number of aliphatic hydroxyl groups is 3. The highest BCUT2D eigenvalue weighted by atomic mass is 16.4. The average molecular weight is 290 g/mol. The molecule has 1 amide bonds. The molecule has 20 heavy (non-hydrogen) atoms. The van der Waals surface area contributed by atoms with E-state index in [1.807, 2.05) is 0 Å². The largest absolute Gasteiger partial charge is 0.481 e. The fourth-order valence-electron chi connectivity index (χ4n) is 2.07. The molecule has 0 saturated carbocycles. The van der Waals surface area contributed by atoms with Crippen LogP contribution in [-0.4, -0.2) is 82.2 Å². The highest BCUT2D eigenvalue weighted by Gasteiger charge is 2.30. The lowest BCUT2D eigenvalue weighted by Gasteiger charge is -2.33. The van der Waals surface area contributed by atoms with Gasteiger partial charge in [-0.3, -0.25) is 14.9 Å². The lowest BCUT2D eigenvalue weighted by Crippen LogP contribution is -2.57. The van der Waals surface area contributed by atoms with Crippen molar-refractivity contribution in [3.63, 3.8) is 0 Å². The Hall–Kier alpha value is -1.22. The standard InChI is InChI=1S/C12H22N2O6/c15-6-12(7-16,8-17)13-5-10(18)14-3-1-9(2-4-14)11(19)20/h9,13,15-17H,1-8H2,(H,19,20). The van der Waals surface area contributed by atoms with E-state index in [9.17, 15) is 9.59 Å². The SMILES string of the molecule is O=C(O)C1CCN(C(=O)CNC(CO)(CO)CO)CC1. The molecule has 0 unspecified atom stereocenters. The fraction of sp³-hybridized carbons (Fsp3) is 0.833. The van der Waals surface area contributed by atoms with E-state index < -0.39 is 37.2 Å². The summed E-state index contributed by atoms with van der Waals surface area (Å²) >= 11 is 0. The summed E-state index contributed by atoms with van der Waals surface area (Å²) in [4.78, 5) is 24.3. The molecule has 0 atom stereocenters. The molecule has 0 aromatic heterocycles. The molecule has 8 nitrogen and oxygen atoms in total. The number of nitrogens with zero attached hydrogens (tertiary/aromatic N) is 1. The number of carbonyl (C=O) groups excluding carboxylic acids is 1. The first-order valence-electron chi connectivity index (χ1n) is 6.56. The van der Waals surface area contributed by atoms with Crippen molar-refractivity contribution in [3.8, 4) is 0 Å². The summed E-state index contributed by atoms with van der Waals surface area (Å²) in [5.41, 5.74) is -1.28. The zero-order valence-corrected chi connectivity index (χ0v) is 11.3. The summed E-state index contributed by atoms with van der Waals surface area (Å²) in [5.74, 6) is -1.48. The number of carbonyl (C=O) groups is 2. The Morgan fingerprint density at radius 3 is 2.00 bits per heavy atom. The van der Waals surface area contributed by atoms with Gasteiger partial charge in [-0.25, -0.2) is 0 Å². The summed E-state index contributed by atoms with van der Waals surface area (Å²) in [6.07, 6.45) is 0.846. The minimum atomic E-state index is -1.28. The first kappa shape index (κ1) is 16.8. The van der Waals surface area contributed by atoms with Crippen LogP contribution in [0.15, 0.2) is 0 Å². The molecular formula is C12H22N2O6. The summed E-state index contributed by atoms with van der Waals surface area (Å²) in [5, 5.41) is 38.9. The normalized spacial score (nSPS) is 17.2. The highest BCUT2D eigenvalue weighted by Crippen LogP contribution is 2.17. The van der Waals surface area contributed by atoms with Crippen molar-refractivity contribution in [1.82, 2.24) is 10.2 Å². The molecule has 0 radical (unpaired) electrons. The molecule has 0 aromatic rings. The first-order valence-corrected chi connectivity index (χ1v) is 6.56. The number of amides is 1. The summed E-state index contributed by atoms with van der Waals surface area (Å²) < 4.78 is 0. The van der Waals surface area contributed by atoms with E-state index in [2.05, 4.69) is 5.32 Å². The number of piperidine rings is 1. The molecule has 5 N–H and O–H groups in total. The number of aliphatic hydroxyl groups excluding tert-OH is 3. The second-order valence-electron chi connectivity index (χ2n) is 5.10. The first-order chi connectivity index (χ1) is 9.48. The number of hydrogen-bond acceptors (Lipinski definition) is 6. The van der Waals surface area contributed by atoms with Gasteiger partial charge in [0, 0.05) is 13.1 Å². The van der Waals surface area contributed by atoms with Crippen LogP contribution in [0.5, 0.6) is 0 Å². The number of carboxylic acid groups (broad SMARTS) is 1. The van der Waals surface area contributed by atoms with Gasteiger partial charge in [0.1, 0.15) is 0 Å². The van der Waals surface area contributed by atoms with Gasteiger partial charge in [-0.2, -0.15) is 0 Å². The Kier molecular flexibility index (Phi) is 6.34. The van der Waals surface area contributed by atoms with E-state index in [4.69, 9.17) is 20.4 Å².